The van der Waals surface area contributed by atoms with Crippen LogP contribution in [0.3, 0.4) is 0 Å². The summed E-state index contributed by atoms with van der Waals surface area (Å²) in [6, 6.07) is 0. The van der Waals surface area contributed by atoms with Crippen molar-refractivity contribution in [1.29, 1.82) is 0 Å². The van der Waals surface area contributed by atoms with E-state index in [-0.39, 0.29) is 0 Å². The number of unbranched alkanes of at least 4 members (excludes halogenated alkanes) is 1. The average Bonchev–Trinajstić information content (AvgIpc) is 2.05. The summed E-state index contributed by atoms with van der Waals surface area (Å²) < 4.78 is 0. The third-order valence-electron chi connectivity index (χ3n) is 1.65. The normalized spacial score (nSPS) is 9.27. The van der Waals surface area contributed by atoms with Crippen molar-refractivity contribution in [1.82, 2.24) is 4.90 Å². The molecule has 0 unspecified atom stereocenters. The molecule has 0 spiro atoms. The van der Waals surface area contributed by atoms with Crippen LogP contribution < -0.4 is 0 Å². The van der Waals surface area contributed by atoms with E-state index < -0.39 is 0 Å². The van der Waals surface area contributed by atoms with Crippen LogP contribution in [0.4, 0.5) is 0 Å². The quantitative estimate of drug-likeness (QED) is 0.609. The van der Waals surface area contributed by atoms with E-state index in [4.69, 9.17) is 0 Å². The largest absolute Gasteiger partial charge is 0.307 e. The fraction of sp³-hybridized carbons (Fsp3) is 1.00. The predicted molar refractivity (Wildman–Crippen MR) is 54.0 cm³/mol. The Kier molecular flexibility index (Phi) is 15.5. The second kappa shape index (κ2) is 12.6. The van der Waals surface area contributed by atoms with Gasteiger partial charge in [0, 0.05) is 0 Å². The van der Waals surface area contributed by atoms with Crippen LogP contribution in [0.5, 0.6) is 0 Å². The standard InChI is InChI=1S/C6H15N.C4H10/c1-4-6-7(3)5-2;1-3-4-2/h4-6H2,1-3H3;3-4H2,1-2H3. The van der Waals surface area contributed by atoms with Gasteiger partial charge in [0.05, 0.1) is 0 Å². The second-order valence-electron chi connectivity index (χ2n) is 2.90. The van der Waals surface area contributed by atoms with Gasteiger partial charge in [-0.1, -0.05) is 40.5 Å². The van der Waals surface area contributed by atoms with Crippen LogP contribution in [0.2, 0.25) is 0 Å². The second-order valence-corrected chi connectivity index (χ2v) is 2.90. The van der Waals surface area contributed by atoms with Crippen molar-refractivity contribution in [2.24, 2.45) is 0 Å². The SMILES string of the molecule is CCCC.CCCN(C)CC. The molecule has 1 nitrogen and oxygen atoms in total. The first kappa shape index (κ1) is 13.5. The molecular weight excluding hydrogens is 134 g/mol. The van der Waals surface area contributed by atoms with Gasteiger partial charge in [0.2, 0.25) is 0 Å². The summed E-state index contributed by atoms with van der Waals surface area (Å²) in [5.74, 6) is 0. The van der Waals surface area contributed by atoms with Crippen LogP contribution in [-0.2, 0) is 0 Å². The molecule has 0 aliphatic rings. The number of hydrogen-bond donors (Lipinski definition) is 0. The van der Waals surface area contributed by atoms with Crippen molar-refractivity contribution in [2.75, 3.05) is 20.1 Å². The van der Waals surface area contributed by atoms with Gasteiger partial charge < -0.3 is 4.90 Å². The van der Waals surface area contributed by atoms with Crippen LogP contribution in [-0.4, -0.2) is 25.0 Å². The molecule has 0 fully saturated rings. The summed E-state index contributed by atoms with van der Waals surface area (Å²) >= 11 is 0. The van der Waals surface area contributed by atoms with Crippen LogP contribution in [0.15, 0.2) is 0 Å². The minimum atomic E-state index is 1.17. The van der Waals surface area contributed by atoms with Crippen molar-refractivity contribution in [2.45, 2.75) is 47.0 Å². The summed E-state index contributed by atoms with van der Waals surface area (Å²) in [7, 11) is 2.14. The molecule has 0 N–H and O–H groups in total. The van der Waals surface area contributed by atoms with Gasteiger partial charge in [-0.05, 0) is 26.6 Å². The van der Waals surface area contributed by atoms with E-state index in [1.165, 1.54) is 32.4 Å². The third-order valence-corrected chi connectivity index (χ3v) is 1.65. The lowest BCUT2D eigenvalue weighted by Gasteiger charge is -2.10. The van der Waals surface area contributed by atoms with Gasteiger partial charge in [-0.2, -0.15) is 0 Å². The lowest BCUT2D eigenvalue weighted by molar-refractivity contribution is 0.353. The lowest BCUT2D eigenvalue weighted by atomic mass is 10.4. The Balaban J connectivity index is 0. The zero-order valence-corrected chi connectivity index (χ0v) is 8.98. The molecule has 11 heavy (non-hydrogen) atoms. The molecule has 0 aromatic carbocycles. The fourth-order valence-electron chi connectivity index (χ4n) is 0.540. The Morgan fingerprint density at radius 1 is 0.818 bits per heavy atom. The highest BCUT2D eigenvalue weighted by molar-refractivity contribution is 4.41. The van der Waals surface area contributed by atoms with E-state index in [1.807, 2.05) is 0 Å². The van der Waals surface area contributed by atoms with E-state index in [2.05, 4.69) is 39.6 Å². The van der Waals surface area contributed by atoms with E-state index in [0.717, 1.165) is 0 Å². The molecule has 0 saturated carbocycles. The number of nitrogens with zero attached hydrogens (tertiary/aromatic N) is 1. The van der Waals surface area contributed by atoms with Crippen molar-refractivity contribution in [3.05, 3.63) is 0 Å². The van der Waals surface area contributed by atoms with Gasteiger partial charge in [0.15, 0.2) is 0 Å². The Hall–Kier alpha value is -0.0400. The maximum atomic E-state index is 2.31. The maximum absolute atomic E-state index is 2.31. The minimum Gasteiger partial charge on any atom is -0.307 e. The monoisotopic (exact) mass is 159 g/mol. The number of hydrogen-bond acceptors (Lipinski definition) is 1. The molecule has 0 aliphatic carbocycles. The molecule has 0 amide bonds. The van der Waals surface area contributed by atoms with Crippen molar-refractivity contribution in [3.8, 4) is 0 Å². The highest BCUT2D eigenvalue weighted by Gasteiger charge is 1.86. The van der Waals surface area contributed by atoms with E-state index in [9.17, 15) is 0 Å². The minimum absolute atomic E-state index is 1.17. The zero-order valence-electron chi connectivity index (χ0n) is 8.98. The van der Waals surface area contributed by atoms with Crippen molar-refractivity contribution in [3.63, 3.8) is 0 Å². The fourth-order valence-corrected chi connectivity index (χ4v) is 0.540. The average molecular weight is 159 g/mol. The molecular formula is C10H25N. The summed E-state index contributed by atoms with van der Waals surface area (Å²) in [6.45, 7) is 11.1. The maximum Gasteiger partial charge on any atom is -0.00245 e. The topological polar surface area (TPSA) is 3.24 Å². The van der Waals surface area contributed by atoms with E-state index in [0.29, 0.717) is 0 Å². The molecule has 1 heteroatoms. The van der Waals surface area contributed by atoms with Gasteiger partial charge in [0.1, 0.15) is 0 Å². The Morgan fingerprint density at radius 3 is 1.36 bits per heavy atom. The first-order chi connectivity index (χ1) is 5.22. The highest BCUT2D eigenvalue weighted by Crippen LogP contribution is 1.82. The molecule has 0 aromatic heterocycles. The number of rotatable bonds is 4. The molecule has 0 saturated heterocycles. The molecule has 70 valence electrons. The summed E-state index contributed by atoms with van der Waals surface area (Å²) in [6.07, 6.45) is 3.91. The smallest absolute Gasteiger partial charge is 0.00245 e. The highest BCUT2D eigenvalue weighted by atomic mass is 15.1. The van der Waals surface area contributed by atoms with Crippen LogP contribution >= 0.6 is 0 Å². The van der Waals surface area contributed by atoms with Crippen molar-refractivity contribution >= 4 is 0 Å². The zero-order chi connectivity index (χ0) is 9.11. The van der Waals surface area contributed by atoms with Crippen LogP contribution in [0, 0.1) is 0 Å². The molecule has 0 radical (unpaired) electrons. The molecule has 0 rings (SSSR count). The van der Waals surface area contributed by atoms with Crippen molar-refractivity contribution < 1.29 is 0 Å². The molecule has 0 atom stereocenters. The van der Waals surface area contributed by atoms with Crippen LogP contribution in [0.1, 0.15) is 47.0 Å². The summed E-state index contributed by atoms with van der Waals surface area (Å²) in [5.41, 5.74) is 0. The first-order valence-electron chi connectivity index (χ1n) is 4.91. The lowest BCUT2D eigenvalue weighted by Crippen LogP contribution is -2.17. The molecule has 0 aromatic rings. The Bertz CT molecular complexity index is 50.8. The summed E-state index contributed by atoms with van der Waals surface area (Å²) in [4.78, 5) is 2.31. The summed E-state index contributed by atoms with van der Waals surface area (Å²) in [5, 5.41) is 0. The van der Waals surface area contributed by atoms with Gasteiger partial charge in [-0.15, -0.1) is 0 Å². The Morgan fingerprint density at radius 2 is 1.27 bits per heavy atom. The van der Waals surface area contributed by atoms with Gasteiger partial charge in [-0.25, -0.2) is 0 Å². The molecule has 0 bridgehead atoms. The molecule has 0 heterocycles. The van der Waals surface area contributed by atoms with Gasteiger partial charge in [0.25, 0.3) is 0 Å². The first-order valence-corrected chi connectivity index (χ1v) is 4.91. The molecule has 0 aliphatic heterocycles. The third kappa shape index (κ3) is 17.8. The predicted octanol–water partition coefficient (Wildman–Crippen LogP) is 3.15. The van der Waals surface area contributed by atoms with E-state index in [1.54, 1.807) is 0 Å². The Labute approximate surface area is 72.8 Å². The van der Waals surface area contributed by atoms with Crippen LogP contribution in [0.25, 0.3) is 0 Å². The van der Waals surface area contributed by atoms with Gasteiger partial charge >= 0.3 is 0 Å². The van der Waals surface area contributed by atoms with Gasteiger partial charge in [-0.3, -0.25) is 0 Å². The van der Waals surface area contributed by atoms with E-state index >= 15 is 0 Å².